The third kappa shape index (κ3) is 13.7. The fourth-order valence-electron chi connectivity index (χ4n) is 5.79. The van der Waals surface area contributed by atoms with Gasteiger partial charge in [0.1, 0.15) is 18.1 Å². The molecule has 0 saturated carbocycles. The molecule has 1 saturated heterocycles. The number of carbonyl (C=O) groups excluding carboxylic acids is 4. The van der Waals surface area contributed by atoms with Crippen molar-refractivity contribution < 1.29 is 19.2 Å². The maximum atomic E-state index is 13.9. The fourth-order valence-corrected chi connectivity index (χ4v) is 5.79. The second kappa shape index (κ2) is 20.5. The van der Waals surface area contributed by atoms with Gasteiger partial charge in [-0.25, -0.2) is 0 Å². The number of hydrogen-bond donors (Lipinski definition) is 6. The standard InChI is InChI=1S/C37H57N7O4/c1-26(2)23-32(35(46)41-31(17-11-19-40-27(3)4)37(48)44-21-12-18-39-20-22-44)43-36(47)33(25-29-15-9-6-10-16-29)42-34(45)30(38)24-28-13-7-5-8-14-28/h5-10,13-16,26-27,30-33,39-40H,11-12,17-25,38H2,1-4H3,(H,41,46)(H,42,45)(H,43,47)/t30-,31-,32-,33-/m1/s1. The van der Waals surface area contributed by atoms with Crippen molar-refractivity contribution in [1.82, 2.24) is 31.5 Å². The van der Waals surface area contributed by atoms with Crippen LogP contribution in [0.4, 0.5) is 0 Å². The molecule has 1 aliphatic heterocycles. The van der Waals surface area contributed by atoms with Gasteiger partial charge in [-0.1, -0.05) is 88.4 Å². The summed E-state index contributed by atoms with van der Waals surface area (Å²) in [6, 6.07) is 15.7. The number of rotatable bonds is 18. The molecule has 4 atom stereocenters. The van der Waals surface area contributed by atoms with Crippen LogP contribution in [0.3, 0.4) is 0 Å². The average molecular weight is 664 g/mol. The number of amides is 4. The highest BCUT2D eigenvalue weighted by Crippen LogP contribution is 2.12. The quantitative estimate of drug-likeness (QED) is 0.133. The average Bonchev–Trinajstić information content (AvgIpc) is 3.35. The first-order valence-electron chi connectivity index (χ1n) is 17.5. The molecular weight excluding hydrogens is 606 g/mol. The summed E-state index contributed by atoms with van der Waals surface area (Å²) in [5.41, 5.74) is 8.04. The molecule has 3 rings (SSSR count). The minimum absolute atomic E-state index is 0.0728. The molecule has 0 aliphatic carbocycles. The lowest BCUT2D eigenvalue weighted by molar-refractivity contribution is -0.138. The Morgan fingerprint density at radius 2 is 1.33 bits per heavy atom. The van der Waals surface area contributed by atoms with E-state index in [0.29, 0.717) is 51.4 Å². The smallest absolute Gasteiger partial charge is 0.245 e. The van der Waals surface area contributed by atoms with Gasteiger partial charge in [0.25, 0.3) is 0 Å². The highest BCUT2D eigenvalue weighted by Gasteiger charge is 2.32. The van der Waals surface area contributed by atoms with Gasteiger partial charge in [-0.2, -0.15) is 0 Å². The SMILES string of the molecule is CC(C)C[C@@H](NC(=O)[C@@H](Cc1ccccc1)NC(=O)[C@H](N)Cc1ccccc1)C(=O)N[C@H](CCCNC(C)C)C(=O)N1CCCNCC1. The Balaban J connectivity index is 1.77. The van der Waals surface area contributed by atoms with Gasteiger partial charge in [0, 0.05) is 32.1 Å². The van der Waals surface area contributed by atoms with E-state index in [9.17, 15) is 19.2 Å². The van der Waals surface area contributed by atoms with E-state index in [1.54, 1.807) is 0 Å². The molecule has 4 amide bonds. The molecule has 11 heteroatoms. The van der Waals surface area contributed by atoms with Crippen molar-refractivity contribution >= 4 is 23.6 Å². The van der Waals surface area contributed by atoms with E-state index in [1.165, 1.54) is 0 Å². The zero-order chi connectivity index (χ0) is 34.9. The summed E-state index contributed by atoms with van der Waals surface area (Å²) in [5, 5.41) is 15.5. The topological polar surface area (TPSA) is 158 Å². The molecule has 2 aromatic carbocycles. The molecule has 0 aromatic heterocycles. The lowest BCUT2D eigenvalue weighted by atomic mass is 9.99. The van der Waals surface area contributed by atoms with Gasteiger partial charge in [0.15, 0.2) is 0 Å². The molecule has 0 unspecified atom stereocenters. The van der Waals surface area contributed by atoms with Gasteiger partial charge < -0.3 is 37.2 Å². The van der Waals surface area contributed by atoms with Crippen LogP contribution in [-0.2, 0) is 32.0 Å². The van der Waals surface area contributed by atoms with Gasteiger partial charge in [0.05, 0.1) is 6.04 Å². The summed E-state index contributed by atoms with van der Waals surface area (Å²) in [7, 11) is 0. The number of benzene rings is 2. The highest BCUT2D eigenvalue weighted by molar-refractivity contribution is 5.95. The fraction of sp³-hybridized carbons (Fsp3) is 0.568. The molecule has 2 aromatic rings. The summed E-state index contributed by atoms with van der Waals surface area (Å²) in [5.74, 6) is -1.38. The Hall–Kier alpha value is -3.80. The van der Waals surface area contributed by atoms with Crippen molar-refractivity contribution in [2.75, 3.05) is 32.7 Å². The minimum atomic E-state index is -0.965. The summed E-state index contributed by atoms with van der Waals surface area (Å²) < 4.78 is 0. The maximum absolute atomic E-state index is 13.9. The van der Waals surface area contributed by atoms with Crippen LogP contribution in [0.1, 0.15) is 64.5 Å². The molecule has 0 bridgehead atoms. The lowest BCUT2D eigenvalue weighted by Gasteiger charge is -2.29. The van der Waals surface area contributed by atoms with E-state index in [0.717, 1.165) is 30.6 Å². The predicted molar refractivity (Wildman–Crippen MR) is 190 cm³/mol. The Bertz CT molecular complexity index is 1270. The zero-order valence-corrected chi connectivity index (χ0v) is 29.2. The van der Waals surface area contributed by atoms with Gasteiger partial charge in [-0.3, -0.25) is 19.2 Å². The Morgan fingerprint density at radius 3 is 1.96 bits per heavy atom. The number of carbonyl (C=O) groups is 4. The van der Waals surface area contributed by atoms with Crippen LogP contribution in [0.5, 0.6) is 0 Å². The van der Waals surface area contributed by atoms with Crippen LogP contribution in [0.2, 0.25) is 0 Å². The lowest BCUT2D eigenvalue weighted by Crippen LogP contribution is -2.59. The molecule has 0 spiro atoms. The first-order valence-corrected chi connectivity index (χ1v) is 17.5. The van der Waals surface area contributed by atoms with Crippen molar-refractivity contribution in [1.29, 1.82) is 0 Å². The number of nitrogens with one attached hydrogen (secondary N) is 5. The van der Waals surface area contributed by atoms with Gasteiger partial charge in [-0.05, 0) is 62.2 Å². The molecule has 48 heavy (non-hydrogen) atoms. The zero-order valence-electron chi connectivity index (χ0n) is 29.2. The van der Waals surface area contributed by atoms with Crippen molar-refractivity contribution in [2.24, 2.45) is 11.7 Å². The number of nitrogens with two attached hydrogens (primary N) is 1. The van der Waals surface area contributed by atoms with E-state index in [2.05, 4.69) is 40.4 Å². The van der Waals surface area contributed by atoms with Crippen LogP contribution in [0.25, 0.3) is 0 Å². The first-order chi connectivity index (χ1) is 23.0. The van der Waals surface area contributed by atoms with E-state index in [1.807, 2.05) is 79.4 Å². The molecule has 264 valence electrons. The van der Waals surface area contributed by atoms with Crippen LogP contribution < -0.4 is 32.3 Å². The van der Waals surface area contributed by atoms with Crippen molar-refractivity contribution in [3.05, 3.63) is 71.8 Å². The Kier molecular flexibility index (Phi) is 16.5. The molecular formula is C37H57N7O4. The maximum Gasteiger partial charge on any atom is 0.245 e. The Labute approximate surface area is 286 Å². The second-order valence-corrected chi connectivity index (χ2v) is 13.5. The predicted octanol–water partition coefficient (Wildman–Crippen LogP) is 1.90. The van der Waals surface area contributed by atoms with Crippen molar-refractivity contribution in [3.8, 4) is 0 Å². The number of nitrogens with zero attached hydrogens (tertiary/aromatic N) is 1. The minimum Gasteiger partial charge on any atom is -0.343 e. The van der Waals surface area contributed by atoms with Crippen molar-refractivity contribution in [2.45, 2.75) is 96.4 Å². The van der Waals surface area contributed by atoms with E-state index >= 15 is 0 Å². The highest BCUT2D eigenvalue weighted by atomic mass is 16.2. The Morgan fingerprint density at radius 1 is 0.750 bits per heavy atom. The van der Waals surface area contributed by atoms with E-state index in [-0.39, 0.29) is 18.2 Å². The van der Waals surface area contributed by atoms with Crippen LogP contribution >= 0.6 is 0 Å². The molecule has 11 nitrogen and oxygen atoms in total. The molecule has 1 heterocycles. The van der Waals surface area contributed by atoms with E-state index < -0.39 is 41.9 Å². The summed E-state index contributed by atoms with van der Waals surface area (Å²) in [6.45, 7) is 11.6. The number of hydrogen-bond acceptors (Lipinski definition) is 7. The van der Waals surface area contributed by atoms with E-state index in [4.69, 9.17) is 5.73 Å². The third-order valence-electron chi connectivity index (χ3n) is 8.38. The summed E-state index contributed by atoms with van der Waals surface area (Å²) in [6.07, 6.45) is 2.93. The van der Waals surface area contributed by atoms with Gasteiger partial charge in [-0.15, -0.1) is 0 Å². The molecule has 0 radical (unpaired) electrons. The largest absolute Gasteiger partial charge is 0.343 e. The first kappa shape index (κ1) is 38.6. The van der Waals surface area contributed by atoms with Crippen LogP contribution in [-0.4, -0.2) is 91.5 Å². The van der Waals surface area contributed by atoms with Crippen LogP contribution in [0, 0.1) is 5.92 Å². The van der Waals surface area contributed by atoms with Gasteiger partial charge >= 0.3 is 0 Å². The molecule has 1 aliphatic rings. The molecule has 7 N–H and O–H groups in total. The van der Waals surface area contributed by atoms with Gasteiger partial charge in [0.2, 0.25) is 23.6 Å². The second-order valence-electron chi connectivity index (χ2n) is 13.5. The normalized spacial score (nSPS) is 16.0. The third-order valence-corrected chi connectivity index (χ3v) is 8.38. The monoisotopic (exact) mass is 663 g/mol. The summed E-state index contributed by atoms with van der Waals surface area (Å²) in [4.78, 5) is 56.6. The molecule has 1 fully saturated rings. The van der Waals surface area contributed by atoms with Crippen LogP contribution in [0.15, 0.2) is 60.7 Å². The summed E-state index contributed by atoms with van der Waals surface area (Å²) >= 11 is 0. The van der Waals surface area contributed by atoms with Crippen molar-refractivity contribution in [3.63, 3.8) is 0 Å².